The summed E-state index contributed by atoms with van der Waals surface area (Å²) in [7, 11) is 0. The molecule has 0 radical (unpaired) electrons. The topological polar surface area (TPSA) is 68.5 Å². The third kappa shape index (κ3) is 3.63. The Hall–Kier alpha value is -2.41. The van der Waals surface area contributed by atoms with Gasteiger partial charge in [0.2, 0.25) is 0 Å². The fourth-order valence-electron chi connectivity index (χ4n) is 3.49. The Morgan fingerprint density at radius 3 is 2.50 bits per heavy atom. The Labute approximate surface area is 172 Å². The van der Waals surface area contributed by atoms with E-state index in [0.29, 0.717) is 0 Å². The van der Waals surface area contributed by atoms with Crippen molar-refractivity contribution in [3.05, 3.63) is 52.9 Å². The lowest BCUT2D eigenvalue weighted by Gasteiger charge is -2.43. The minimum atomic E-state index is -0.508. The second-order valence-corrected chi connectivity index (χ2v) is 9.10. The predicted octanol–water partition coefficient (Wildman–Crippen LogP) is 5.06. The van der Waals surface area contributed by atoms with Gasteiger partial charge >= 0.3 is 6.09 Å². The van der Waals surface area contributed by atoms with E-state index >= 15 is 0 Å². The van der Waals surface area contributed by atoms with Crippen LogP contribution in [0.1, 0.15) is 45.6 Å². The number of aromatic nitrogens is 3. The molecule has 2 aromatic heterocycles. The van der Waals surface area contributed by atoms with Gasteiger partial charge in [0.15, 0.2) is 5.65 Å². The van der Waals surface area contributed by atoms with Crippen LogP contribution in [0, 0.1) is 0 Å². The first-order valence-corrected chi connectivity index (χ1v) is 10.2. The lowest BCUT2D eigenvalue weighted by molar-refractivity contribution is 0.0377. The molecule has 1 aliphatic rings. The molecular formula is C21H23BrN4O2. The molecule has 0 saturated heterocycles. The summed E-state index contributed by atoms with van der Waals surface area (Å²) < 4.78 is 8.08. The van der Waals surface area contributed by atoms with E-state index < -0.39 is 5.60 Å². The summed E-state index contributed by atoms with van der Waals surface area (Å²) in [6.07, 6.45) is 8.09. The van der Waals surface area contributed by atoms with Gasteiger partial charge in [0.05, 0.1) is 16.2 Å². The van der Waals surface area contributed by atoms with Crippen molar-refractivity contribution in [3.8, 4) is 11.1 Å². The van der Waals surface area contributed by atoms with Crippen LogP contribution >= 0.6 is 15.9 Å². The fourth-order valence-corrected chi connectivity index (χ4v) is 3.87. The largest absolute Gasteiger partial charge is 0.444 e. The Bertz CT molecular complexity index is 1020. The van der Waals surface area contributed by atoms with Crippen molar-refractivity contribution in [1.29, 1.82) is 0 Å². The van der Waals surface area contributed by atoms with Gasteiger partial charge < -0.3 is 10.1 Å². The molecule has 1 fully saturated rings. The number of benzene rings is 1. The van der Waals surface area contributed by atoms with Gasteiger partial charge in [-0.1, -0.05) is 24.3 Å². The molecule has 1 amide bonds. The molecule has 0 bridgehead atoms. The first-order chi connectivity index (χ1) is 13.3. The van der Waals surface area contributed by atoms with E-state index in [4.69, 9.17) is 4.74 Å². The molecular weight excluding hydrogens is 420 g/mol. The Morgan fingerprint density at radius 2 is 1.89 bits per heavy atom. The van der Waals surface area contributed by atoms with Gasteiger partial charge in [0.25, 0.3) is 0 Å². The highest BCUT2D eigenvalue weighted by Crippen LogP contribution is 2.42. The molecule has 3 aromatic rings. The molecule has 4 rings (SSSR count). The molecule has 1 aromatic carbocycles. The average Bonchev–Trinajstić information content (AvgIpc) is 2.97. The number of amides is 1. The maximum Gasteiger partial charge on any atom is 0.408 e. The molecule has 0 spiro atoms. The minimum Gasteiger partial charge on any atom is -0.444 e. The number of halogens is 1. The van der Waals surface area contributed by atoms with E-state index in [2.05, 4.69) is 55.6 Å². The third-order valence-electron chi connectivity index (χ3n) is 5.03. The maximum atomic E-state index is 12.3. The van der Waals surface area contributed by atoms with Crippen molar-refractivity contribution in [2.75, 3.05) is 0 Å². The number of fused-ring (bicyclic) bond motifs is 1. The molecule has 0 unspecified atom stereocenters. The van der Waals surface area contributed by atoms with Crippen LogP contribution in [0.25, 0.3) is 16.8 Å². The lowest BCUT2D eigenvalue weighted by Crippen LogP contribution is -2.52. The molecule has 0 aliphatic heterocycles. The van der Waals surface area contributed by atoms with Crippen LogP contribution in [0.2, 0.25) is 0 Å². The van der Waals surface area contributed by atoms with Crippen LogP contribution in [0.5, 0.6) is 0 Å². The molecule has 1 aliphatic carbocycles. The number of nitrogens with zero attached hydrogens (tertiary/aromatic N) is 3. The second-order valence-electron chi connectivity index (χ2n) is 8.24. The molecule has 0 atom stereocenters. The summed E-state index contributed by atoms with van der Waals surface area (Å²) in [5.74, 6) is 0. The minimum absolute atomic E-state index is 0.337. The quantitative estimate of drug-likeness (QED) is 0.614. The molecule has 7 heteroatoms. The van der Waals surface area contributed by atoms with Crippen molar-refractivity contribution in [3.63, 3.8) is 0 Å². The smallest absolute Gasteiger partial charge is 0.408 e. The Balaban J connectivity index is 1.56. The van der Waals surface area contributed by atoms with Gasteiger partial charge in [-0.3, -0.25) is 0 Å². The van der Waals surface area contributed by atoms with Gasteiger partial charge in [-0.2, -0.15) is 5.10 Å². The summed E-state index contributed by atoms with van der Waals surface area (Å²) in [6, 6.07) is 8.28. The molecule has 1 N–H and O–H groups in total. The van der Waals surface area contributed by atoms with Crippen molar-refractivity contribution in [2.24, 2.45) is 0 Å². The number of hydrogen-bond donors (Lipinski definition) is 1. The number of alkyl carbamates (subject to hydrolysis) is 1. The predicted molar refractivity (Wildman–Crippen MR) is 111 cm³/mol. The Kier molecular flexibility index (Phi) is 4.65. The van der Waals surface area contributed by atoms with Crippen molar-refractivity contribution < 1.29 is 9.53 Å². The van der Waals surface area contributed by atoms with Crippen LogP contribution in [0.4, 0.5) is 4.79 Å². The zero-order valence-electron chi connectivity index (χ0n) is 16.2. The van der Waals surface area contributed by atoms with E-state index in [0.717, 1.165) is 46.1 Å². The molecule has 28 heavy (non-hydrogen) atoms. The normalized spacial score (nSPS) is 15.9. The first kappa shape index (κ1) is 18.9. The number of ether oxygens (including phenoxy) is 1. The van der Waals surface area contributed by atoms with Crippen molar-refractivity contribution in [2.45, 2.75) is 51.2 Å². The standard InChI is InChI=1S/C21H23BrN4O2/c1-20(2,3)28-19(27)25-21(9-4-10-21)16-7-5-14(6-8-16)15-11-23-18-17(22)12-24-26(18)13-15/h5-8,11-13H,4,9-10H2,1-3H3,(H,25,27). The zero-order chi connectivity index (χ0) is 19.9. The van der Waals surface area contributed by atoms with Crippen molar-refractivity contribution >= 4 is 27.7 Å². The van der Waals surface area contributed by atoms with E-state index in [1.165, 1.54) is 0 Å². The van der Waals surface area contributed by atoms with E-state index in [-0.39, 0.29) is 11.6 Å². The van der Waals surface area contributed by atoms with Crippen LogP contribution < -0.4 is 5.32 Å². The highest BCUT2D eigenvalue weighted by Gasteiger charge is 2.41. The van der Waals surface area contributed by atoms with Crippen molar-refractivity contribution in [1.82, 2.24) is 19.9 Å². The second kappa shape index (κ2) is 6.88. The number of carbonyl (C=O) groups is 1. The molecule has 2 heterocycles. The summed E-state index contributed by atoms with van der Waals surface area (Å²) >= 11 is 3.44. The maximum absolute atomic E-state index is 12.3. The monoisotopic (exact) mass is 442 g/mol. The van der Waals surface area contributed by atoms with Gasteiger partial charge in [-0.25, -0.2) is 14.3 Å². The van der Waals surface area contributed by atoms with E-state index in [1.807, 2.05) is 33.2 Å². The molecule has 146 valence electrons. The van der Waals surface area contributed by atoms with Gasteiger partial charge in [-0.05, 0) is 67.1 Å². The first-order valence-electron chi connectivity index (χ1n) is 9.37. The van der Waals surface area contributed by atoms with Crippen LogP contribution in [0.3, 0.4) is 0 Å². The summed E-state index contributed by atoms with van der Waals surface area (Å²) in [5.41, 5.74) is 3.08. The number of nitrogens with one attached hydrogen (secondary N) is 1. The fraction of sp³-hybridized carbons (Fsp3) is 0.381. The van der Waals surface area contributed by atoms with Gasteiger partial charge in [0.1, 0.15) is 5.60 Å². The van der Waals surface area contributed by atoms with E-state index in [9.17, 15) is 4.79 Å². The highest BCUT2D eigenvalue weighted by molar-refractivity contribution is 9.10. The van der Waals surface area contributed by atoms with E-state index in [1.54, 1.807) is 10.7 Å². The molecule has 1 saturated carbocycles. The number of hydrogen-bond acceptors (Lipinski definition) is 4. The van der Waals surface area contributed by atoms with Crippen LogP contribution in [-0.2, 0) is 10.3 Å². The lowest BCUT2D eigenvalue weighted by atomic mass is 9.71. The number of carbonyl (C=O) groups excluding carboxylic acids is 1. The third-order valence-corrected chi connectivity index (χ3v) is 5.59. The summed E-state index contributed by atoms with van der Waals surface area (Å²) in [5, 5.41) is 7.39. The van der Waals surface area contributed by atoms with Gasteiger partial charge in [0, 0.05) is 18.0 Å². The Morgan fingerprint density at radius 1 is 1.18 bits per heavy atom. The number of rotatable bonds is 3. The average molecular weight is 443 g/mol. The summed E-state index contributed by atoms with van der Waals surface area (Å²) in [6.45, 7) is 5.62. The van der Waals surface area contributed by atoms with Crippen LogP contribution in [0.15, 0.2) is 47.3 Å². The summed E-state index contributed by atoms with van der Waals surface area (Å²) in [4.78, 5) is 16.8. The van der Waals surface area contributed by atoms with Crippen LogP contribution in [-0.4, -0.2) is 26.3 Å². The zero-order valence-corrected chi connectivity index (χ0v) is 17.8. The molecule has 6 nitrogen and oxygen atoms in total. The van der Waals surface area contributed by atoms with Gasteiger partial charge in [-0.15, -0.1) is 0 Å². The SMILES string of the molecule is CC(C)(C)OC(=O)NC1(c2ccc(-c3cnc4c(Br)cnn4c3)cc2)CCC1. The highest BCUT2D eigenvalue weighted by atomic mass is 79.9.